The van der Waals surface area contributed by atoms with Gasteiger partial charge >= 0.3 is 0 Å². The van der Waals surface area contributed by atoms with Crippen molar-refractivity contribution in [2.75, 3.05) is 38.2 Å². The van der Waals surface area contributed by atoms with Crippen LogP contribution in [0.25, 0.3) is 0 Å². The molecule has 2 N–H and O–H groups in total. The van der Waals surface area contributed by atoms with Gasteiger partial charge < -0.3 is 19.9 Å². The monoisotopic (exact) mass is 445 g/mol. The van der Waals surface area contributed by atoms with Crippen LogP contribution >= 0.6 is 24.8 Å². The van der Waals surface area contributed by atoms with Crippen LogP contribution in [0.2, 0.25) is 0 Å². The standard InChI is InChI=1S/C18H27N7O2.2ClH/c1-12-20-16(23-27-12)10-24-3-5-25(6-4-24)18-9-15(13-7-14(19)8-13)21-17(22-18)11-26-2;;/h9,13-14H,3-8,10-11,19H2,1-2H3;2*1H. The largest absolute Gasteiger partial charge is 0.377 e. The van der Waals surface area contributed by atoms with Crippen LogP contribution in [0.4, 0.5) is 5.82 Å². The van der Waals surface area contributed by atoms with Crippen molar-refractivity contribution in [1.29, 1.82) is 0 Å². The van der Waals surface area contributed by atoms with Gasteiger partial charge in [0.05, 0.1) is 6.54 Å². The molecule has 0 aromatic carbocycles. The van der Waals surface area contributed by atoms with E-state index < -0.39 is 0 Å². The van der Waals surface area contributed by atoms with E-state index in [9.17, 15) is 0 Å². The Hall–Kier alpha value is -1.52. The molecule has 1 saturated heterocycles. The van der Waals surface area contributed by atoms with Gasteiger partial charge in [-0.1, -0.05) is 5.16 Å². The highest BCUT2D eigenvalue weighted by Crippen LogP contribution is 2.35. The number of ether oxygens (including phenoxy) is 1. The van der Waals surface area contributed by atoms with Gasteiger partial charge in [-0.25, -0.2) is 9.97 Å². The molecule has 0 bridgehead atoms. The number of rotatable bonds is 6. The van der Waals surface area contributed by atoms with Crippen LogP contribution < -0.4 is 10.6 Å². The number of nitrogens with two attached hydrogens (primary N) is 1. The van der Waals surface area contributed by atoms with Crippen molar-refractivity contribution >= 4 is 30.6 Å². The Kier molecular flexibility index (Phi) is 8.59. The van der Waals surface area contributed by atoms with Gasteiger partial charge in [0.25, 0.3) is 0 Å². The van der Waals surface area contributed by atoms with E-state index in [0.29, 0.717) is 24.5 Å². The zero-order chi connectivity index (χ0) is 18.8. The molecule has 2 aromatic rings. The first kappa shape index (κ1) is 23.8. The highest BCUT2D eigenvalue weighted by molar-refractivity contribution is 5.85. The second-order valence-electron chi connectivity index (χ2n) is 7.42. The predicted octanol–water partition coefficient (Wildman–Crippen LogP) is 1.68. The maximum Gasteiger partial charge on any atom is 0.223 e. The number of piperazine rings is 1. The zero-order valence-electron chi connectivity index (χ0n) is 16.8. The fourth-order valence-corrected chi connectivity index (χ4v) is 3.71. The van der Waals surface area contributed by atoms with E-state index in [1.165, 1.54) is 0 Å². The normalized spacial score (nSPS) is 21.8. The molecule has 9 nitrogen and oxygen atoms in total. The number of aromatic nitrogens is 4. The Morgan fingerprint density at radius 2 is 1.83 bits per heavy atom. The zero-order valence-corrected chi connectivity index (χ0v) is 18.4. The van der Waals surface area contributed by atoms with E-state index in [0.717, 1.165) is 68.7 Å². The van der Waals surface area contributed by atoms with Crippen LogP contribution in [0.15, 0.2) is 10.6 Å². The summed E-state index contributed by atoms with van der Waals surface area (Å²) in [6.45, 7) is 6.63. The summed E-state index contributed by atoms with van der Waals surface area (Å²) in [4.78, 5) is 18.4. The van der Waals surface area contributed by atoms with Crippen LogP contribution in [0, 0.1) is 6.92 Å². The minimum absolute atomic E-state index is 0. The van der Waals surface area contributed by atoms with E-state index in [1.807, 2.05) is 6.92 Å². The lowest BCUT2D eigenvalue weighted by atomic mass is 9.78. The van der Waals surface area contributed by atoms with E-state index in [4.69, 9.17) is 25.0 Å². The molecule has 0 atom stereocenters. The molecule has 1 aliphatic heterocycles. The average molecular weight is 446 g/mol. The molecule has 162 valence electrons. The van der Waals surface area contributed by atoms with Crippen molar-refractivity contribution in [3.8, 4) is 0 Å². The van der Waals surface area contributed by atoms with Crippen LogP contribution in [0.3, 0.4) is 0 Å². The third kappa shape index (κ3) is 5.76. The Morgan fingerprint density at radius 1 is 1.10 bits per heavy atom. The van der Waals surface area contributed by atoms with Crippen LogP contribution in [-0.4, -0.2) is 64.3 Å². The van der Waals surface area contributed by atoms with Gasteiger partial charge in [-0.2, -0.15) is 4.98 Å². The van der Waals surface area contributed by atoms with E-state index >= 15 is 0 Å². The molecular weight excluding hydrogens is 417 g/mol. The highest BCUT2D eigenvalue weighted by atomic mass is 35.5. The smallest absolute Gasteiger partial charge is 0.223 e. The summed E-state index contributed by atoms with van der Waals surface area (Å²) in [5.74, 6) is 3.53. The number of aryl methyl sites for hydroxylation is 1. The molecule has 0 radical (unpaired) electrons. The summed E-state index contributed by atoms with van der Waals surface area (Å²) in [6, 6.07) is 2.44. The molecule has 3 heterocycles. The maximum atomic E-state index is 5.96. The molecule has 1 saturated carbocycles. The molecule has 1 aliphatic carbocycles. The lowest BCUT2D eigenvalue weighted by Gasteiger charge is -2.36. The quantitative estimate of drug-likeness (QED) is 0.709. The van der Waals surface area contributed by atoms with Gasteiger partial charge in [0.2, 0.25) is 5.89 Å². The summed E-state index contributed by atoms with van der Waals surface area (Å²) in [5.41, 5.74) is 7.06. The summed E-state index contributed by atoms with van der Waals surface area (Å²) in [7, 11) is 1.67. The maximum absolute atomic E-state index is 5.96. The molecular formula is C18H29Cl2N7O2. The number of anilines is 1. The molecule has 29 heavy (non-hydrogen) atoms. The molecule has 2 aromatic heterocycles. The van der Waals surface area contributed by atoms with Gasteiger partial charge in [0.15, 0.2) is 11.6 Å². The second-order valence-corrected chi connectivity index (χ2v) is 7.42. The second kappa shape index (κ2) is 10.5. The summed E-state index contributed by atoms with van der Waals surface area (Å²) < 4.78 is 10.3. The first-order chi connectivity index (χ1) is 13.1. The molecule has 4 rings (SSSR count). The molecule has 0 spiro atoms. The van der Waals surface area contributed by atoms with Gasteiger partial charge in [-0.15, -0.1) is 24.8 Å². The molecule has 2 aliphatic rings. The highest BCUT2D eigenvalue weighted by Gasteiger charge is 2.30. The van der Waals surface area contributed by atoms with E-state index in [2.05, 4.69) is 26.0 Å². The van der Waals surface area contributed by atoms with Gasteiger partial charge in [0, 0.05) is 63.9 Å². The fourth-order valence-electron chi connectivity index (χ4n) is 3.71. The van der Waals surface area contributed by atoms with Crippen molar-refractivity contribution < 1.29 is 9.26 Å². The molecule has 11 heteroatoms. The Balaban J connectivity index is 0.00000150. The Morgan fingerprint density at radius 3 is 2.41 bits per heavy atom. The number of hydrogen-bond acceptors (Lipinski definition) is 9. The van der Waals surface area contributed by atoms with Crippen molar-refractivity contribution in [3.05, 3.63) is 29.3 Å². The lowest BCUT2D eigenvalue weighted by molar-refractivity contribution is 0.177. The molecule has 2 fully saturated rings. The first-order valence-electron chi connectivity index (χ1n) is 9.49. The predicted molar refractivity (Wildman–Crippen MR) is 114 cm³/mol. The van der Waals surface area contributed by atoms with Crippen molar-refractivity contribution in [2.24, 2.45) is 5.73 Å². The Labute approximate surface area is 183 Å². The van der Waals surface area contributed by atoms with Gasteiger partial charge in [-0.05, 0) is 12.8 Å². The minimum Gasteiger partial charge on any atom is -0.377 e. The van der Waals surface area contributed by atoms with E-state index in [-0.39, 0.29) is 24.8 Å². The number of methoxy groups -OCH3 is 1. The van der Waals surface area contributed by atoms with Crippen molar-refractivity contribution in [1.82, 2.24) is 25.0 Å². The lowest BCUT2D eigenvalue weighted by Crippen LogP contribution is -2.46. The Bertz CT molecular complexity index is 777. The third-order valence-corrected chi connectivity index (χ3v) is 5.28. The summed E-state index contributed by atoms with van der Waals surface area (Å²) >= 11 is 0. The number of hydrogen-bond donors (Lipinski definition) is 1. The average Bonchev–Trinajstić information content (AvgIpc) is 3.04. The third-order valence-electron chi connectivity index (χ3n) is 5.28. The van der Waals surface area contributed by atoms with Crippen molar-refractivity contribution in [2.45, 2.75) is 44.9 Å². The van der Waals surface area contributed by atoms with Crippen LogP contribution in [0.1, 0.15) is 42.0 Å². The van der Waals surface area contributed by atoms with Crippen molar-refractivity contribution in [3.63, 3.8) is 0 Å². The van der Waals surface area contributed by atoms with Gasteiger partial charge in [-0.3, -0.25) is 4.90 Å². The molecule has 0 amide bonds. The fraction of sp³-hybridized carbons (Fsp3) is 0.667. The summed E-state index contributed by atoms with van der Waals surface area (Å²) in [5, 5.41) is 3.99. The molecule has 0 unspecified atom stereocenters. The SMILES string of the molecule is COCc1nc(C2CC(N)C2)cc(N2CCN(Cc3noc(C)n3)CC2)n1.Cl.Cl. The van der Waals surface area contributed by atoms with Crippen LogP contribution in [0.5, 0.6) is 0 Å². The summed E-state index contributed by atoms with van der Waals surface area (Å²) in [6.07, 6.45) is 2.00. The number of halogens is 2. The van der Waals surface area contributed by atoms with Gasteiger partial charge in [0.1, 0.15) is 12.4 Å². The minimum atomic E-state index is 0. The number of nitrogens with zero attached hydrogens (tertiary/aromatic N) is 6. The first-order valence-corrected chi connectivity index (χ1v) is 9.49. The van der Waals surface area contributed by atoms with Crippen LogP contribution in [-0.2, 0) is 17.9 Å². The van der Waals surface area contributed by atoms with E-state index in [1.54, 1.807) is 7.11 Å². The topological polar surface area (TPSA) is 106 Å².